The van der Waals surface area contributed by atoms with Crippen LogP contribution in [0.2, 0.25) is 0 Å². The highest BCUT2D eigenvalue weighted by molar-refractivity contribution is 7.14. The average molecular weight is 304 g/mol. The van der Waals surface area contributed by atoms with Crippen LogP contribution in [0, 0.1) is 5.82 Å². The number of aromatic nitrogens is 1. The molecule has 0 atom stereocenters. The van der Waals surface area contributed by atoms with Crippen molar-refractivity contribution in [2.75, 3.05) is 11.2 Å². The Labute approximate surface area is 114 Å². The van der Waals surface area contributed by atoms with E-state index in [9.17, 15) is 17.6 Å². The highest BCUT2D eigenvalue weighted by Crippen LogP contribution is 2.31. The first-order chi connectivity index (χ1) is 9.36. The molecule has 0 aliphatic heterocycles. The van der Waals surface area contributed by atoms with Crippen molar-refractivity contribution in [2.24, 2.45) is 5.10 Å². The smallest absolute Gasteiger partial charge is 0.383 e. The zero-order valence-electron chi connectivity index (χ0n) is 9.78. The third-order valence-electron chi connectivity index (χ3n) is 2.21. The first kappa shape index (κ1) is 14.3. The second kappa shape index (κ2) is 5.45. The molecule has 0 fully saturated rings. The molecule has 1 aromatic carbocycles. The van der Waals surface area contributed by atoms with E-state index < -0.39 is 17.6 Å². The monoisotopic (exact) mass is 304 g/mol. The summed E-state index contributed by atoms with van der Waals surface area (Å²) in [4.78, 5) is 3.82. The summed E-state index contributed by atoms with van der Waals surface area (Å²) in [5.41, 5.74) is 6.47. The van der Waals surface area contributed by atoms with Crippen molar-refractivity contribution in [3.05, 3.63) is 40.5 Å². The summed E-state index contributed by atoms with van der Waals surface area (Å²) in [6.45, 7) is 0. The first-order valence-electron chi connectivity index (χ1n) is 5.23. The Morgan fingerprint density at radius 3 is 2.70 bits per heavy atom. The Morgan fingerprint density at radius 1 is 1.35 bits per heavy atom. The van der Waals surface area contributed by atoms with Gasteiger partial charge < -0.3 is 5.73 Å². The predicted molar refractivity (Wildman–Crippen MR) is 69.1 cm³/mol. The number of nitrogens with one attached hydrogen (secondary N) is 1. The van der Waals surface area contributed by atoms with Crippen LogP contribution < -0.4 is 11.2 Å². The van der Waals surface area contributed by atoms with Gasteiger partial charge in [-0.15, -0.1) is 11.3 Å². The highest BCUT2D eigenvalue weighted by Gasteiger charge is 2.33. The second-order valence-corrected chi connectivity index (χ2v) is 4.53. The SMILES string of the molecule is Nc1csc(NN=Cc2ccc(F)cc2C(F)(F)F)n1. The van der Waals surface area contributed by atoms with Crippen LogP contribution in [0.5, 0.6) is 0 Å². The first-order valence-corrected chi connectivity index (χ1v) is 6.11. The van der Waals surface area contributed by atoms with Gasteiger partial charge in [0.25, 0.3) is 0 Å². The van der Waals surface area contributed by atoms with Gasteiger partial charge in [-0.05, 0) is 18.2 Å². The summed E-state index contributed by atoms with van der Waals surface area (Å²) in [5, 5.41) is 5.52. The molecule has 0 saturated heterocycles. The van der Waals surface area contributed by atoms with E-state index in [1.54, 1.807) is 5.38 Å². The number of nitrogens with zero attached hydrogens (tertiary/aromatic N) is 2. The minimum absolute atomic E-state index is 0.254. The number of rotatable bonds is 3. The van der Waals surface area contributed by atoms with Gasteiger partial charge in [0, 0.05) is 10.9 Å². The number of halogens is 4. The molecule has 2 rings (SSSR count). The zero-order valence-corrected chi connectivity index (χ0v) is 10.6. The number of alkyl halides is 3. The number of nitrogen functional groups attached to an aromatic ring is 1. The van der Waals surface area contributed by atoms with Gasteiger partial charge in [-0.2, -0.15) is 18.3 Å². The molecule has 4 nitrogen and oxygen atoms in total. The molecule has 0 amide bonds. The van der Waals surface area contributed by atoms with E-state index >= 15 is 0 Å². The largest absolute Gasteiger partial charge is 0.417 e. The van der Waals surface area contributed by atoms with Gasteiger partial charge in [-0.1, -0.05) is 0 Å². The Morgan fingerprint density at radius 2 is 2.10 bits per heavy atom. The van der Waals surface area contributed by atoms with Crippen molar-refractivity contribution in [1.82, 2.24) is 4.98 Å². The number of benzene rings is 1. The van der Waals surface area contributed by atoms with Crippen molar-refractivity contribution < 1.29 is 17.6 Å². The molecule has 3 N–H and O–H groups in total. The fourth-order valence-electron chi connectivity index (χ4n) is 1.38. The lowest BCUT2D eigenvalue weighted by atomic mass is 10.1. The number of thiazole rings is 1. The lowest BCUT2D eigenvalue weighted by Crippen LogP contribution is -2.09. The van der Waals surface area contributed by atoms with E-state index in [0.717, 1.165) is 29.7 Å². The highest BCUT2D eigenvalue weighted by atomic mass is 32.1. The number of nitrogens with two attached hydrogens (primary N) is 1. The quantitative estimate of drug-likeness (QED) is 0.519. The number of anilines is 2. The minimum atomic E-state index is -4.66. The zero-order chi connectivity index (χ0) is 14.8. The van der Waals surface area contributed by atoms with Crippen molar-refractivity contribution in [3.8, 4) is 0 Å². The summed E-state index contributed by atoms with van der Waals surface area (Å²) in [5.74, 6) is -0.680. The fraction of sp³-hybridized carbons (Fsp3) is 0.0909. The van der Waals surface area contributed by atoms with Gasteiger partial charge in [-0.25, -0.2) is 9.37 Å². The molecular weight excluding hydrogens is 296 g/mol. The Balaban J connectivity index is 2.20. The van der Waals surface area contributed by atoms with Gasteiger partial charge in [0.15, 0.2) is 0 Å². The van der Waals surface area contributed by atoms with E-state index in [-0.39, 0.29) is 11.4 Å². The van der Waals surface area contributed by atoms with E-state index in [4.69, 9.17) is 5.73 Å². The summed E-state index contributed by atoms with van der Waals surface area (Å²) in [7, 11) is 0. The van der Waals surface area contributed by atoms with Crippen LogP contribution in [0.1, 0.15) is 11.1 Å². The van der Waals surface area contributed by atoms with E-state index in [1.807, 2.05) is 0 Å². The Hall–Kier alpha value is -2.16. The topological polar surface area (TPSA) is 63.3 Å². The minimum Gasteiger partial charge on any atom is -0.383 e. The molecule has 0 bridgehead atoms. The van der Waals surface area contributed by atoms with Crippen molar-refractivity contribution >= 4 is 28.5 Å². The number of hydrazone groups is 1. The van der Waals surface area contributed by atoms with Crippen LogP contribution in [0.15, 0.2) is 28.7 Å². The molecule has 1 aromatic heterocycles. The summed E-state index contributed by atoms with van der Waals surface area (Å²) in [6.07, 6.45) is -3.71. The van der Waals surface area contributed by atoms with Gasteiger partial charge in [-0.3, -0.25) is 5.43 Å². The van der Waals surface area contributed by atoms with Crippen molar-refractivity contribution in [2.45, 2.75) is 6.18 Å². The maximum atomic E-state index is 12.9. The van der Waals surface area contributed by atoms with Gasteiger partial charge in [0.05, 0.1) is 11.8 Å². The molecule has 0 spiro atoms. The van der Waals surface area contributed by atoms with Crippen molar-refractivity contribution in [3.63, 3.8) is 0 Å². The Bertz CT molecular complexity index is 636. The molecule has 20 heavy (non-hydrogen) atoms. The maximum absolute atomic E-state index is 12.9. The maximum Gasteiger partial charge on any atom is 0.417 e. The van der Waals surface area contributed by atoms with Gasteiger partial charge >= 0.3 is 6.18 Å². The number of hydrogen-bond acceptors (Lipinski definition) is 5. The molecule has 106 valence electrons. The lowest BCUT2D eigenvalue weighted by molar-refractivity contribution is -0.137. The molecule has 0 unspecified atom stereocenters. The second-order valence-electron chi connectivity index (χ2n) is 3.68. The van der Waals surface area contributed by atoms with Crippen LogP contribution >= 0.6 is 11.3 Å². The molecule has 2 aromatic rings. The van der Waals surface area contributed by atoms with Gasteiger partial charge in [0.1, 0.15) is 11.6 Å². The molecule has 1 heterocycles. The van der Waals surface area contributed by atoms with E-state index in [0.29, 0.717) is 11.2 Å². The molecule has 0 aliphatic carbocycles. The fourth-order valence-corrected chi connectivity index (χ4v) is 1.93. The normalized spacial score (nSPS) is 12.0. The Kier molecular flexibility index (Phi) is 3.89. The van der Waals surface area contributed by atoms with Crippen molar-refractivity contribution in [1.29, 1.82) is 0 Å². The molecular formula is C11H8F4N4S. The van der Waals surface area contributed by atoms with Crippen LogP contribution in [0.3, 0.4) is 0 Å². The van der Waals surface area contributed by atoms with Gasteiger partial charge in [0.2, 0.25) is 5.13 Å². The molecule has 0 aliphatic rings. The van der Waals surface area contributed by atoms with E-state index in [1.165, 1.54) is 0 Å². The molecule has 9 heteroatoms. The van der Waals surface area contributed by atoms with Crippen LogP contribution in [0.4, 0.5) is 28.5 Å². The van der Waals surface area contributed by atoms with E-state index in [2.05, 4.69) is 15.5 Å². The predicted octanol–water partition coefficient (Wildman–Crippen LogP) is 3.33. The van der Waals surface area contributed by atoms with Crippen LogP contribution in [-0.4, -0.2) is 11.2 Å². The third kappa shape index (κ3) is 3.44. The molecule has 0 saturated carbocycles. The average Bonchev–Trinajstić information content (AvgIpc) is 2.76. The summed E-state index contributed by atoms with van der Waals surface area (Å²) < 4.78 is 51.0. The lowest BCUT2D eigenvalue weighted by Gasteiger charge is -2.09. The van der Waals surface area contributed by atoms with Crippen LogP contribution in [0.25, 0.3) is 0 Å². The molecule has 0 radical (unpaired) electrons. The number of hydrogen-bond donors (Lipinski definition) is 2. The standard InChI is InChI=1S/C11H8F4N4S/c12-7-2-1-6(8(3-7)11(13,14)15)4-17-19-10-18-9(16)5-20-10/h1-5H,16H2,(H,18,19). The summed E-state index contributed by atoms with van der Waals surface area (Å²) >= 11 is 1.15. The summed E-state index contributed by atoms with van der Waals surface area (Å²) in [6, 6.07) is 2.35. The third-order valence-corrected chi connectivity index (χ3v) is 2.97. The van der Waals surface area contributed by atoms with Crippen LogP contribution in [-0.2, 0) is 6.18 Å².